The molecule has 0 saturated heterocycles. The second kappa shape index (κ2) is 11.8. The number of aliphatic carboxylic acids is 1. The second-order valence-corrected chi connectivity index (χ2v) is 6.18. The van der Waals surface area contributed by atoms with Crippen LogP contribution in [-0.4, -0.2) is 56.9 Å². The van der Waals surface area contributed by atoms with Crippen molar-refractivity contribution in [3.8, 4) is 0 Å². The highest BCUT2D eigenvalue weighted by molar-refractivity contribution is 5.74. The lowest BCUT2D eigenvalue weighted by molar-refractivity contribution is -0.155. The molecule has 0 aliphatic rings. The number of unbranched alkanes of at least 4 members (excludes halogenated alkanes) is 5. The molecule has 0 saturated carbocycles. The molecule has 0 aromatic heterocycles. The number of hydrogen-bond acceptors (Lipinski definition) is 5. The van der Waals surface area contributed by atoms with E-state index in [0.29, 0.717) is 12.8 Å². The molecule has 0 bridgehead atoms. The Morgan fingerprint density at radius 3 is 1.77 bits per heavy atom. The normalized spacial score (nSPS) is 17.0. The van der Waals surface area contributed by atoms with E-state index in [4.69, 9.17) is 10.2 Å². The van der Waals surface area contributed by atoms with E-state index in [1.807, 2.05) is 0 Å². The summed E-state index contributed by atoms with van der Waals surface area (Å²) in [6.45, 7) is 1.10. The molecule has 0 aliphatic carbocycles. The predicted octanol–water partition coefficient (Wildman–Crippen LogP) is 1.29. The first-order valence-corrected chi connectivity index (χ1v) is 8.23. The molecule has 0 radical (unpaired) electrons. The standard InChI is InChI=1S/C16H32O6/c1-2-3-4-5-6-7-8-16(15(21)22,9-13(19)11-17)10-14(20)12-18/h13-14,17-20H,2-12H2,1H3,(H,21,22). The van der Waals surface area contributed by atoms with Crippen LogP contribution in [0, 0.1) is 5.41 Å². The highest BCUT2D eigenvalue weighted by Gasteiger charge is 2.41. The molecule has 0 fully saturated rings. The highest BCUT2D eigenvalue weighted by Crippen LogP contribution is 2.36. The molecule has 6 nitrogen and oxygen atoms in total. The Morgan fingerprint density at radius 1 is 0.909 bits per heavy atom. The topological polar surface area (TPSA) is 118 Å². The Kier molecular flexibility index (Phi) is 11.5. The van der Waals surface area contributed by atoms with Crippen LogP contribution in [0.25, 0.3) is 0 Å². The largest absolute Gasteiger partial charge is 0.481 e. The summed E-state index contributed by atoms with van der Waals surface area (Å²) in [7, 11) is 0. The lowest BCUT2D eigenvalue weighted by atomic mass is 9.73. The molecule has 0 aliphatic heterocycles. The number of rotatable bonds is 14. The van der Waals surface area contributed by atoms with Gasteiger partial charge in [-0.1, -0.05) is 45.4 Å². The SMILES string of the molecule is CCCCCCCCC(CC(O)CO)(CC(O)CO)C(=O)O. The Labute approximate surface area is 132 Å². The second-order valence-electron chi connectivity index (χ2n) is 6.18. The zero-order valence-corrected chi connectivity index (χ0v) is 13.6. The lowest BCUT2D eigenvalue weighted by Crippen LogP contribution is -2.39. The summed E-state index contributed by atoms with van der Waals surface area (Å²) in [5.74, 6) is -1.10. The van der Waals surface area contributed by atoms with Gasteiger partial charge in [0.15, 0.2) is 0 Å². The molecule has 6 heteroatoms. The van der Waals surface area contributed by atoms with Crippen molar-refractivity contribution in [1.29, 1.82) is 0 Å². The van der Waals surface area contributed by atoms with Crippen molar-refractivity contribution < 1.29 is 30.3 Å². The van der Waals surface area contributed by atoms with Gasteiger partial charge >= 0.3 is 5.97 Å². The molecule has 0 heterocycles. The number of aliphatic hydroxyl groups is 4. The summed E-state index contributed by atoms with van der Waals surface area (Å²) in [4.78, 5) is 11.7. The maximum Gasteiger partial charge on any atom is 0.309 e. The van der Waals surface area contributed by atoms with Crippen LogP contribution >= 0.6 is 0 Å². The van der Waals surface area contributed by atoms with Gasteiger partial charge in [0, 0.05) is 0 Å². The molecular formula is C16H32O6. The third-order valence-electron chi connectivity index (χ3n) is 4.14. The van der Waals surface area contributed by atoms with Gasteiger partial charge in [-0.3, -0.25) is 4.79 Å². The third-order valence-corrected chi connectivity index (χ3v) is 4.14. The van der Waals surface area contributed by atoms with Gasteiger partial charge in [-0.15, -0.1) is 0 Å². The third kappa shape index (κ3) is 8.08. The van der Waals surface area contributed by atoms with E-state index in [1.165, 1.54) is 0 Å². The van der Waals surface area contributed by atoms with E-state index in [-0.39, 0.29) is 12.8 Å². The molecule has 0 spiro atoms. The molecule has 0 aromatic carbocycles. The van der Waals surface area contributed by atoms with Crippen LogP contribution in [0.1, 0.15) is 64.7 Å². The monoisotopic (exact) mass is 320 g/mol. The first-order chi connectivity index (χ1) is 10.4. The van der Waals surface area contributed by atoms with Crippen LogP contribution < -0.4 is 0 Å². The van der Waals surface area contributed by atoms with Crippen molar-refractivity contribution in [2.24, 2.45) is 5.41 Å². The molecule has 2 unspecified atom stereocenters. The minimum absolute atomic E-state index is 0.120. The summed E-state index contributed by atoms with van der Waals surface area (Å²) < 4.78 is 0. The Bertz CT molecular complexity index is 282. The van der Waals surface area contributed by atoms with Gasteiger partial charge in [0.05, 0.1) is 30.8 Å². The summed E-state index contributed by atoms with van der Waals surface area (Å²) in [5, 5.41) is 46.8. The van der Waals surface area contributed by atoms with E-state index in [1.54, 1.807) is 0 Å². The molecule has 0 aromatic rings. The van der Waals surface area contributed by atoms with Crippen molar-refractivity contribution in [1.82, 2.24) is 0 Å². The first kappa shape index (κ1) is 21.3. The summed E-state index contributed by atoms with van der Waals surface area (Å²) in [5.41, 5.74) is -1.31. The molecule has 22 heavy (non-hydrogen) atoms. The summed E-state index contributed by atoms with van der Waals surface area (Å²) >= 11 is 0. The number of carboxylic acids is 1. The zero-order valence-electron chi connectivity index (χ0n) is 13.6. The Hall–Kier alpha value is -0.690. The first-order valence-electron chi connectivity index (χ1n) is 8.23. The van der Waals surface area contributed by atoms with Crippen molar-refractivity contribution in [3.63, 3.8) is 0 Å². The van der Waals surface area contributed by atoms with E-state index >= 15 is 0 Å². The van der Waals surface area contributed by atoms with E-state index < -0.39 is 36.8 Å². The molecule has 5 N–H and O–H groups in total. The highest BCUT2D eigenvalue weighted by atomic mass is 16.4. The fourth-order valence-electron chi connectivity index (χ4n) is 2.84. The average Bonchev–Trinajstić information content (AvgIpc) is 2.49. The number of hydrogen-bond donors (Lipinski definition) is 5. The minimum atomic E-state index is -1.31. The average molecular weight is 320 g/mol. The summed E-state index contributed by atoms with van der Waals surface area (Å²) in [6.07, 6.45) is 3.86. The fraction of sp³-hybridized carbons (Fsp3) is 0.938. The smallest absolute Gasteiger partial charge is 0.309 e. The molecule has 2 atom stereocenters. The number of carboxylic acid groups (broad SMARTS) is 1. The van der Waals surface area contributed by atoms with Crippen LogP contribution in [0.15, 0.2) is 0 Å². The van der Waals surface area contributed by atoms with Gasteiger partial charge < -0.3 is 25.5 Å². The van der Waals surface area contributed by atoms with Crippen LogP contribution in [0.3, 0.4) is 0 Å². The van der Waals surface area contributed by atoms with Gasteiger partial charge in [-0.05, 0) is 19.3 Å². The van der Waals surface area contributed by atoms with E-state index in [9.17, 15) is 20.1 Å². The van der Waals surface area contributed by atoms with Gasteiger partial charge in [-0.25, -0.2) is 0 Å². The van der Waals surface area contributed by atoms with E-state index in [0.717, 1.165) is 32.1 Å². The molecular weight excluding hydrogens is 288 g/mol. The van der Waals surface area contributed by atoms with Gasteiger partial charge in [0.2, 0.25) is 0 Å². The van der Waals surface area contributed by atoms with Gasteiger partial charge in [0.1, 0.15) is 0 Å². The van der Waals surface area contributed by atoms with Crippen molar-refractivity contribution in [3.05, 3.63) is 0 Å². The van der Waals surface area contributed by atoms with Crippen molar-refractivity contribution in [2.75, 3.05) is 13.2 Å². The molecule has 0 amide bonds. The molecule has 132 valence electrons. The predicted molar refractivity (Wildman–Crippen MR) is 83.5 cm³/mol. The van der Waals surface area contributed by atoms with Crippen molar-refractivity contribution >= 4 is 5.97 Å². The quantitative estimate of drug-likeness (QED) is 0.308. The number of carbonyl (C=O) groups is 1. The fourth-order valence-corrected chi connectivity index (χ4v) is 2.84. The van der Waals surface area contributed by atoms with Crippen LogP contribution in [0.2, 0.25) is 0 Å². The molecule has 0 rings (SSSR count). The van der Waals surface area contributed by atoms with E-state index in [2.05, 4.69) is 6.92 Å². The van der Waals surface area contributed by atoms with Crippen LogP contribution in [-0.2, 0) is 4.79 Å². The van der Waals surface area contributed by atoms with Gasteiger partial charge in [0.25, 0.3) is 0 Å². The van der Waals surface area contributed by atoms with Gasteiger partial charge in [-0.2, -0.15) is 0 Å². The van der Waals surface area contributed by atoms with Crippen LogP contribution in [0.5, 0.6) is 0 Å². The maximum atomic E-state index is 11.7. The summed E-state index contributed by atoms with van der Waals surface area (Å²) in [6, 6.07) is 0. The van der Waals surface area contributed by atoms with Crippen molar-refractivity contribution in [2.45, 2.75) is 76.9 Å². The Balaban J connectivity index is 4.69. The lowest BCUT2D eigenvalue weighted by Gasteiger charge is -2.32. The number of aliphatic hydroxyl groups excluding tert-OH is 4. The minimum Gasteiger partial charge on any atom is -0.481 e. The Morgan fingerprint density at radius 2 is 1.36 bits per heavy atom. The zero-order chi connectivity index (χ0) is 17.0. The van der Waals surface area contributed by atoms with Crippen LogP contribution in [0.4, 0.5) is 0 Å². The maximum absolute atomic E-state index is 11.7.